The highest BCUT2D eigenvalue weighted by Crippen LogP contribution is 2.67. The molecular formula is C19H22F7NO7S2. The maximum Gasteiger partial charge on any atom is 0.393 e. The molecule has 0 spiro atoms. The lowest BCUT2D eigenvalue weighted by molar-refractivity contribution is -0.291. The molecule has 1 amide bonds. The average molecular weight is 574 g/mol. The maximum atomic E-state index is 14.9. The molecular weight excluding hydrogens is 551 g/mol. The summed E-state index contributed by atoms with van der Waals surface area (Å²) in [5.74, 6) is -26.2. The van der Waals surface area contributed by atoms with Gasteiger partial charge in [0.2, 0.25) is 5.78 Å². The molecule has 0 aromatic heterocycles. The molecule has 4 fully saturated rings. The second-order valence-electron chi connectivity index (χ2n) is 9.73. The van der Waals surface area contributed by atoms with Gasteiger partial charge < -0.3 is 4.74 Å². The number of carbonyl (C=O) groups is 3. The molecule has 0 aromatic rings. The van der Waals surface area contributed by atoms with Gasteiger partial charge in [-0.15, -0.1) is 0 Å². The zero-order valence-electron chi connectivity index (χ0n) is 18.5. The van der Waals surface area contributed by atoms with Crippen LogP contribution in [0.1, 0.15) is 38.5 Å². The van der Waals surface area contributed by atoms with Gasteiger partial charge in [-0.2, -0.15) is 34.8 Å². The lowest BCUT2D eigenvalue weighted by Crippen LogP contribution is -2.67. The number of nitrogens with one attached hydrogen (secondary N) is 1. The molecule has 0 aromatic carbocycles. The van der Waals surface area contributed by atoms with Crippen LogP contribution in [0.3, 0.4) is 0 Å². The Hall–Kier alpha value is -1.62. The van der Waals surface area contributed by atoms with Crippen LogP contribution in [-0.4, -0.2) is 66.8 Å². The maximum absolute atomic E-state index is 14.9. The quantitative estimate of drug-likeness (QED) is 0.177. The Bertz CT molecular complexity index is 1040. The monoisotopic (exact) mass is 573 g/mol. The standard InChI is InChI=1S/C19H22F7NO7S2/c1-35-27-13(29)18(23,24)19(25,26)17(21,22)12(28)15-3-9-2-10(4-15)6-16(5-9,8-15)14(30)34-7-11(20)36(31,32)33/h9-11H,2-8H2,1H3,(H,27,29)(H,31,32,33). The van der Waals surface area contributed by atoms with E-state index in [1.807, 2.05) is 0 Å². The number of alkyl halides is 7. The molecule has 4 saturated carbocycles. The minimum absolute atomic E-state index is 0.0611. The molecule has 0 saturated heterocycles. The Morgan fingerprint density at radius 2 is 1.53 bits per heavy atom. The van der Waals surface area contributed by atoms with Crippen LogP contribution >= 0.6 is 11.9 Å². The molecule has 0 radical (unpaired) electrons. The summed E-state index contributed by atoms with van der Waals surface area (Å²) in [7, 11) is -5.23. The summed E-state index contributed by atoms with van der Waals surface area (Å²) in [5, 5.41) is 0. The molecule has 4 aliphatic rings. The predicted molar refractivity (Wildman–Crippen MR) is 108 cm³/mol. The van der Waals surface area contributed by atoms with Gasteiger partial charge in [0.15, 0.2) is 0 Å². The highest BCUT2D eigenvalue weighted by atomic mass is 32.2. The van der Waals surface area contributed by atoms with Gasteiger partial charge in [-0.1, -0.05) is 11.9 Å². The fourth-order valence-corrected chi connectivity index (χ4v) is 6.67. The number of carbonyl (C=O) groups excluding carboxylic acids is 3. The Morgan fingerprint density at radius 3 is 2.00 bits per heavy atom. The Morgan fingerprint density at radius 1 is 1.03 bits per heavy atom. The minimum atomic E-state index is -6.41. The van der Waals surface area contributed by atoms with Crippen molar-refractivity contribution in [3.8, 4) is 0 Å². The SMILES string of the molecule is CSNC(=O)C(F)(F)C(F)(F)C(F)(F)C(=O)C12CC3CC(CC(C(=O)OCC(F)S(=O)(=O)O)(C3)C1)C2. The molecule has 4 rings (SSSR count). The van der Waals surface area contributed by atoms with Crippen LogP contribution in [0.5, 0.6) is 0 Å². The Labute approximate surface area is 204 Å². The highest BCUT2D eigenvalue weighted by Gasteiger charge is 2.80. The average Bonchev–Trinajstić information content (AvgIpc) is 2.74. The normalized spacial score (nSPS) is 31.1. The number of Topliss-reactive ketones (excluding diaryl/α,β-unsaturated/α-hetero) is 1. The minimum Gasteiger partial charge on any atom is -0.461 e. The van der Waals surface area contributed by atoms with Gasteiger partial charge in [0, 0.05) is 11.7 Å². The summed E-state index contributed by atoms with van der Waals surface area (Å²) in [6.45, 7) is -1.44. The van der Waals surface area contributed by atoms with Gasteiger partial charge in [-0.05, 0) is 50.4 Å². The van der Waals surface area contributed by atoms with Crippen molar-refractivity contribution in [3.63, 3.8) is 0 Å². The van der Waals surface area contributed by atoms with E-state index in [0.717, 1.165) is 6.26 Å². The second-order valence-corrected chi connectivity index (χ2v) is 11.9. The van der Waals surface area contributed by atoms with E-state index in [2.05, 4.69) is 4.74 Å². The van der Waals surface area contributed by atoms with Crippen molar-refractivity contribution >= 4 is 39.7 Å². The van der Waals surface area contributed by atoms with Crippen LogP contribution in [0.2, 0.25) is 0 Å². The van der Waals surface area contributed by atoms with Gasteiger partial charge in [0.25, 0.3) is 5.50 Å². The predicted octanol–water partition coefficient (Wildman–Crippen LogP) is 3.17. The van der Waals surface area contributed by atoms with E-state index in [9.17, 15) is 53.5 Å². The van der Waals surface area contributed by atoms with E-state index in [-0.39, 0.29) is 24.8 Å². The topological polar surface area (TPSA) is 127 Å². The van der Waals surface area contributed by atoms with Crippen LogP contribution in [0.25, 0.3) is 0 Å². The molecule has 4 bridgehead atoms. The van der Waals surface area contributed by atoms with Crippen molar-refractivity contribution in [1.29, 1.82) is 0 Å². The summed E-state index contributed by atoms with van der Waals surface area (Å²) < 4.78 is 137. The van der Waals surface area contributed by atoms with Gasteiger partial charge in [0.1, 0.15) is 6.61 Å². The first kappa shape index (κ1) is 28.9. The second kappa shape index (κ2) is 8.99. The van der Waals surface area contributed by atoms with Crippen molar-refractivity contribution in [3.05, 3.63) is 0 Å². The van der Waals surface area contributed by atoms with Crippen molar-refractivity contribution in [2.45, 2.75) is 61.8 Å². The number of esters is 1. The molecule has 0 aliphatic heterocycles. The first-order chi connectivity index (χ1) is 16.3. The fraction of sp³-hybridized carbons (Fsp3) is 0.842. The van der Waals surface area contributed by atoms with E-state index < -0.39 is 99.6 Å². The van der Waals surface area contributed by atoms with E-state index >= 15 is 0 Å². The van der Waals surface area contributed by atoms with Crippen molar-refractivity contribution in [2.24, 2.45) is 22.7 Å². The van der Waals surface area contributed by atoms with E-state index in [1.165, 1.54) is 4.72 Å². The smallest absolute Gasteiger partial charge is 0.393 e. The molecule has 8 nitrogen and oxygen atoms in total. The highest BCUT2D eigenvalue weighted by molar-refractivity contribution is 7.97. The Kier molecular flexibility index (Phi) is 7.23. The van der Waals surface area contributed by atoms with E-state index in [4.69, 9.17) is 4.55 Å². The summed E-state index contributed by atoms with van der Waals surface area (Å²) in [6.07, 6.45) is -0.380. The molecule has 0 heterocycles. The third-order valence-electron chi connectivity index (χ3n) is 7.20. The van der Waals surface area contributed by atoms with Gasteiger partial charge >= 0.3 is 39.8 Å². The first-order valence-corrected chi connectivity index (χ1v) is 13.3. The number of amides is 1. The number of halogens is 7. The third-order valence-corrected chi connectivity index (χ3v) is 8.37. The van der Waals surface area contributed by atoms with Crippen LogP contribution < -0.4 is 4.72 Å². The van der Waals surface area contributed by atoms with Crippen LogP contribution in [-0.2, 0) is 29.2 Å². The molecule has 4 aliphatic carbocycles. The van der Waals surface area contributed by atoms with Crippen molar-refractivity contribution in [2.75, 3.05) is 12.9 Å². The molecule has 206 valence electrons. The zero-order chi connectivity index (χ0) is 27.5. The summed E-state index contributed by atoms with van der Waals surface area (Å²) >= 11 is 0.156. The summed E-state index contributed by atoms with van der Waals surface area (Å²) in [4.78, 5) is 37.1. The number of ketones is 1. The van der Waals surface area contributed by atoms with Crippen molar-refractivity contribution < 1.29 is 62.8 Å². The fourth-order valence-electron chi connectivity index (χ4n) is 6.12. The summed E-state index contributed by atoms with van der Waals surface area (Å²) in [6, 6.07) is 0. The van der Waals surface area contributed by atoms with E-state index in [0.29, 0.717) is 6.42 Å². The Balaban J connectivity index is 1.91. The summed E-state index contributed by atoms with van der Waals surface area (Å²) in [5.41, 5.74) is -7.09. The zero-order valence-corrected chi connectivity index (χ0v) is 20.2. The van der Waals surface area contributed by atoms with Gasteiger partial charge in [-0.3, -0.25) is 23.7 Å². The first-order valence-electron chi connectivity index (χ1n) is 10.6. The van der Waals surface area contributed by atoms with Crippen LogP contribution in [0, 0.1) is 22.7 Å². The van der Waals surface area contributed by atoms with E-state index in [1.54, 1.807) is 0 Å². The number of ether oxygens (including phenoxy) is 1. The molecule has 2 N–H and O–H groups in total. The number of rotatable bonds is 10. The molecule has 36 heavy (non-hydrogen) atoms. The molecule has 3 atom stereocenters. The largest absolute Gasteiger partial charge is 0.461 e. The third kappa shape index (κ3) is 4.48. The lowest BCUT2D eigenvalue weighted by atomic mass is 9.43. The lowest BCUT2D eigenvalue weighted by Gasteiger charge is -2.60. The molecule has 3 unspecified atom stereocenters. The molecule has 17 heteroatoms. The van der Waals surface area contributed by atoms with Crippen LogP contribution in [0.4, 0.5) is 30.7 Å². The number of hydrogen-bond acceptors (Lipinski definition) is 7. The van der Waals surface area contributed by atoms with Gasteiger partial charge in [-0.25, -0.2) is 4.39 Å². The van der Waals surface area contributed by atoms with Gasteiger partial charge in [0.05, 0.1) is 5.41 Å². The van der Waals surface area contributed by atoms with Crippen LogP contribution in [0.15, 0.2) is 0 Å². The van der Waals surface area contributed by atoms with Crippen molar-refractivity contribution in [1.82, 2.24) is 4.72 Å². The number of hydrogen-bond donors (Lipinski definition) is 2.